The number of aliphatic hydroxyl groups excluding tert-OH is 3. The summed E-state index contributed by atoms with van der Waals surface area (Å²) in [4.78, 5) is 52.7. The third-order valence-electron chi connectivity index (χ3n) is 2.80. The predicted octanol–water partition coefficient (Wildman–Crippen LogP) is -3.48. The van der Waals surface area contributed by atoms with E-state index in [2.05, 4.69) is 13.6 Å². The first kappa shape index (κ1) is 22.3. The monoisotopic (exact) mass is 420 g/mol. The van der Waals surface area contributed by atoms with Crippen molar-refractivity contribution in [3.63, 3.8) is 0 Å². The highest BCUT2D eigenvalue weighted by atomic mass is 31.2. The Hall–Kier alpha value is 0.210. The van der Waals surface area contributed by atoms with Crippen LogP contribution in [-0.4, -0.2) is 81.3 Å². The first-order valence-corrected chi connectivity index (χ1v) is 10.4. The first-order chi connectivity index (χ1) is 10.5. The highest BCUT2D eigenvalue weighted by Gasteiger charge is 2.56. The molecule has 6 atom stereocenters. The van der Waals surface area contributed by atoms with Gasteiger partial charge in [-0.1, -0.05) is 0 Å². The molecule has 1 rings (SSSR count). The zero-order valence-corrected chi connectivity index (χ0v) is 14.0. The summed E-state index contributed by atoms with van der Waals surface area (Å²) >= 11 is 0. The van der Waals surface area contributed by atoms with Crippen LogP contribution in [0.4, 0.5) is 0 Å². The van der Waals surface area contributed by atoms with E-state index in [1.807, 2.05) is 0 Å². The van der Waals surface area contributed by atoms with E-state index in [-0.39, 0.29) is 0 Å². The highest BCUT2D eigenvalue weighted by Crippen LogP contribution is 2.50. The number of aliphatic hydroxyl groups is 3. The van der Waals surface area contributed by atoms with E-state index in [4.69, 9.17) is 29.4 Å². The summed E-state index contributed by atoms with van der Waals surface area (Å²) in [6, 6.07) is 0. The van der Waals surface area contributed by atoms with Crippen molar-refractivity contribution in [1.29, 1.82) is 0 Å². The summed E-state index contributed by atoms with van der Waals surface area (Å²) in [6.45, 7) is 0. The Kier molecular flexibility index (Phi) is 6.90. The van der Waals surface area contributed by atoms with Crippen molar-refractivity contribution in [3.05, 3.63) is 0 Å². The maximum Gasteiger partial charge on any atom is 0.470 e. The second-order valence-corrected chi connectivity index (χ2v) is 8.23. The minimum atomic E-state index is -5.48. The Balaban J connectivity index is 3.32. The molecule has 0 radical (unpaired) electrons. The van der Waals surface area contributed by atoms with E-state index in [0.29, 0.717) is 0 Å². The molecule has 18 heteroatoms. The number of phosphoric ester groups is 3. The van der Waals surface area contributed by atoms with Crippen LogP contribution in [0.2, 0.25) is 0 Å². The van der Waals surface area contributed by atoms with Gasteiger partial charge in [-0.2, -0.15) is 0 Å². The van der Waals surface area contributed by atoms with Gasteiger partial charge in [-0.3, -0.25) is 13.6 Å². The summed E-state index contributed by atoms with van der Waals surface area (Å²) in [6.07, 6.45) is -14.3. The number of phosphoric acid groups is 3. The molecule has 0 heterocycles. The molecule has 0 aromatic heterocycles. The summed E-state index contributed by atoms with van der Waals surface area (Å²) in [5.74, 6) is 0. The molecule has 0 saturated heterocycles. The molecule has 1 fully saturated rings. The Labute approximate surface area is 133 Å². The Bertz CT molecular complexity index is 536. The summed E-state index contributed by atoms with van der Waals surface area (Å²) < 4.78 is 45.0. The van der Waals surface area contributed by atoms with E-state index in [0.717, 1.165) is 0 Å². The fourth-order valence-electron chi connectivity index (χ4n) is 2.01. The van der Waals surface area contributed by atoms with E-state index >= 15 is 0 Å². The van der Waals surface area contributed by atoms with Crippen molar-refractivity contribution in [2.24, 2.45) is 0 Å². The van der Waals surface area contributed by atoms with Crippen LogP contribution < -0.4 is 0 Å². The van der Waals surface area contributed by atoms with Crippen LogP contribution in [0.15, 0.2) is 0 Å². The SMILES string of the molecule is O=P(O)(O)OC1[C@@H](OP(=O)(O)O)[C@H](O)C(O)[C@H](O)[C@@H]1OP(=O)(O)O. The van der Waals surface area contributed by atoms with Crippen LogP contribution in [0.5, 0.6) is 0 Å². The molecule has 1 saturated carbocycles. The van der Waals surface area contributed by atoms with Gasteiger partial charge in [0.1, 0.15) is 36.6 Å². The van der Waals surface area contributed by atoms with Crippen LogP contribution in [0, 0.1) is 0 Å². The van der Waals surface area contributed by atoms with E-state index < -0.39 is 60.1 Å². The maximum atomic E-state index is 11.0. The van der Waals surface area contributed by atoms with E-state index in [9.17, 15) is 29.0 Å². The Morgan fingerprint density at radius 3 is 1.00 bits per heavy atom. The molecule has 0 bridgehead atoms. The molecule has 0 amide bonds. The Morgan fingerprint density at radius 1 is 0.500 bits per heavy atom. The van der Waals surface area contributed by atoms with Crippen LogP contribution >= 0.6 is 23.5 Å². The van der Waals surface area contributed by atoms with Crippen molar-refractivity contribution in [1.82, 2.24) is 0 Å². The topological polar surface area (TPSA) is 261 Å². The van der Waals surface area contributed by atoms with Crippen molar-refractivity contribution < 1.29 is 71.9 Å². The largest absolute Gasteiger partial charge is 0.470 e. The molecule has 1 aliphatic rings. The molecule has 0 aromatic rings. The van der Waals surface area contributed by atoms with E-state index in [1.54, 1.807) is 0 Å². The lowest BCUT2D eigenvalue weighted by Gasteiger charge is -2.44. The fraction of sp³-hybridized carbons (Fsp3) is 1.00. The third-order valence-corrected chi connectivity index (χ3v) is 4.35. The molecule has 0 aliphatic heterocycles. The standard InChI is InChI=1S/C6H15O15P3/c7-1-2(8)4(19-22(10,11)12)6(21-24(16,17)18)5(3(1)9)20-23(13,14)15/h1-9H,(H2,10,11,12)(H2,13,14,15)(H2,16,17,18)/t1?,2-,3+,4-,5-,6?/m0/s1. The number of hydrogen-bond acceptors (Lipinski definition) is 9. The van der Waals surface area contributed by atoms with Crippen LogP contribution in [0.25, 0.3) is 0 Å². The third kappa shape index (κ3) is 6.50. The lowest BCUT2D eigenvalue weighted by atomic mass is 9.85. The molecule has 15 nitrogen and oxygen atoms in total. The van der Waals surface area contributed by atoms with Crippen LogP contribution in [0.1, 0.15) is 0 Å². The smallest absolute Gasteiger partial charge is 0.387 e. The van der Waals surface area contributed by atoms with Crippen molar-refractivity contribution >= 4 is 23.5 Å². The summed E-state index contributed by atoms with van der Waals surface area (Å²) in [5.41, 5.74) is 0. The van der Waals surface area contributed by atoms with Gasteiger partial charge in [0.2, 0.25) is 0 Å². The van der Waals surface area contributed by atoms with Gasteiger partial charge in [-0.25, -0.2) is 13.7 Å². The quantitative estimate of drug-likeness (QED) is 0.189. The molecule has 9 N–H and O–H groups in total. The predicted molar refractivity (Wildman–Crippen MR) is 68.8 cm³/mol. The first-order valence-electron chi connectivity index (χ1n) is 5.78. The van der Waals surface area contributed by atoms with Gasteiger partial charge in [-0.15, -0.1) is 0 Å². The van der Waals surface area contributed by atoms with Gasteiger partial charge < -0.3 is 44.7 Å². The molecule has 0 spiro atoms. The number of hydrogen-bond donors (Lipinski definition) is 9. The fourth-order valence-corrected chi connectivity index (χ4v) is 3.69. The molecule has 24 heavy (non-hydrogen) atoms. The van der Waals surface area contributed by atoms with Gasteiger partial charge in [0.15, 0.2) is 0 Å². The normalized spacial score (nSPS) is 35.9. The molecule has 2 unspecified atom stereocenters. The molecular weight excluding hydrogens is 405 g/mol. The minimum Gasteiger partial charge on any atom is -0.387 e. The second-order valence-electron chi connectivity index (χ2n) is 4.65. The van der Waals surface area contributed by atoms with Crippen molar-refractivity contribution in [3.8, 4) is 0 Å². The van der Waals surface area contributed by atoms with Gasteiger partial charge in [0.25, 0.3) is 0 Å². The number of rotatable bonds is 6. The second kappa shape index (κ2) is 7.45. The van der Waals surface area contributed by atoms with Crippen molar-refractivity contribution in [2.75, 3.05) is 0 Å². The van der Waals surface area contributed by atoms with Gasteiger partial charge in [0, 0.05) is 0 Å². The average molecular weight is 420 g/mol. The van der Waals surface area contributed by atoms with Crippen LogP contribution in [0.3, 0.4) is 0 Å². The van der Waals surface area contributed by atoms with Crippen molar-refractivity contribution in [2.45, 2.75) is 36.6 Å². The Morgan fingerprint density at radius 2 is 0.750 bits per heavy atom. The molecule has 1 aliphatic carbocycles. The lowest BCUT2D eigenvalue weighted by molar-refractivity contribution is -0.212. The zero-order chi connectivity index (χ0) is 19.1. The highest BCUT2D eigenvalue weighted by molar-refractivity contribution is 7.47. The zero-order valence-electron chi connectivity index (χ0n) is 11.3. The van der Waals surface area contributed by atoms with Crippen LogP contribution in [-0.2, 0) is 27.3 Å². The van der Waals surface area contributed by atoms with Gasteiger partial charge in [0.05, 0.1) is 0 Å². The minimum absolute atomic E-state index is 2.31. The molecular formula is C6H15O15P3. The lowest BCUT2D eigenvalue weighted by Crippen LogP contribution is -2.65. The maximum absolute atomic E-state index is 11.0. The summed E-state index contributed by atoms with van der Waals surface area (Å²) in [5, 5.41) is 29.0. The summed E-state index contributed by atoms with van der Waals surface area (Å²) in [7, 11) is -16.3. The van der Waals surface area contributed by atoms with Gasteiger partial charge >= 0.3 is 23.5 Å². The van der Waals surface area contributed by atoms with Gasteiger partial charge in [-0.05, 0) is 0 Å². The molecule has 0 aromatic carbocycles. The average Bonchev–Trinajstić information content (AvgIpc) is 2.32. The molecule has 144 valence electrons. The van der Waals surface area contributed by atoms with E-state index in [1.165, 1.54) is 0 Å².